The van der Waals surface area contributed by atoms with Gasteiger partial charge in [0.25, 0.3) is 0 Å². The fraction of sp³-hybridized carbons (Fsp3) is 0.333. The van der Waals surface area contributed by atoms with Crippen LogP contribution in [0.4, 0.5) is 13.2 Å². The smallest absolute Gasteiger partial charge is 0.194 e. The number of piperidine rings is 1. The summed E-state index contributed by atoms with van der Waals surface area (Å²) in [5, 5.41) is 4.34. The van der Waals surface area contributed by atoms with E-state index in [9.17, 15) is 13.2 Å². The van der Waals surface area contributed by atoms with E-state index in [1.165, 1.54) is 0 Å². The molecule has 186 valence electrons. The minimum absolute atomic E-state index is 0.0932. The van der Waals surface area contributed by atoms with E-state index in [-0.39, 0.29) is 12.0 Å². The van der Waals surface area contributed by atoms with Gasteiger partial charge in [0.1, 0.15) is 12.4 Å². The molecule has 3 aliphatic rings. The Bertz CT molecular complexity index is 1390. The number of halogens is 3. The third kappa shape index (κ3) is 3.92. The van der Waals surface area contributed by atoms with Gasteiger partial charge in [0.2, 0.25) is 0 Å². The van der Waals surface area contributed by atoms with Crippen LogP contribution in [0.15, 0.2) is 53.6 Å². The molecule has 2 aliphatic heterocycles. The van der Waals surface area contributed by atoms with Gasteiger partial charge in [0.05, 0.1) is 30.9 Å². The highest BCUT2D eigenvalue weighted by atomic mass is 19.2. The minimum atomic E-state index is -1.47. The van der Waals surface area contributed by atoms with E-state index in [1.807, 2.05) is 35.9 Å². The Morgan fingerprint density at radius 1 is 1.14 bits per heavy atom. The second kappa shape index (κ2) is 8.43. The zero-order valence-electron chi connectivity index (χ0n) is 20.0. The molecular weight excluding hydrogens is 469 g/mol. The number of benzene rings is 2. The van der Waals surface area contributed by atoms with E-state index in [1.54, 1.807) is 13.4 Å². The largest absolute Gasteiger partial charge is 0.495 e. The highest BCUT2D eigenvalue weighted by molar-refractivity contribution is 6.03. The number of fused-ring (bicyclic) bond motifs is 1. The number of aryl methyl sites for hydroxylation is 1. The molecule has 6 nitrogen and oxygen atoms in total. The number of aromatic nitrogens is 2. The van der Waals surface area contributed by atoms with Crippen molar-refractivity contribution in [1.82, 2.24) is 14.5 Å². The highest BCUT2D eigenvalue weighted by Gasteiger charge is 2.51. The van der Waals surface area contributed by atoms with Gasteiger partial charge in [0, 0.05) is 12.7 Å². The fourth-order valence-electron chi connectivity index (χ4n) is 5.21. The molecule has 1 aliphatic carbocycles. The summed E-state index contributed by atoms with van der Waals surface area (Å²) in [4.78, 5) is 11.9. The lowest BCUT2D eigenvalue weighted by Crippen LogP contribution is -2.48. The Morgan fingerprint density at radius 3 is 2.58 bits per heavy atom. The predicted molar refractivity (Wildman–Crippen MR) is 128 cm³/mol. The van der Waals surface area contributed by atoms with Crippen LogP contribution < -0.4 is 4.74 Å². The third-order valence-corrected chi connectivity index (χ3v) is 7.27. The average molecular weight is 495 g/mol. The standard InChI is InChI=1S/C27H25F3N4O2/c1-16-12-33(15-31-16)22-4-3-17(8-24(22)35-2)7-19-11-27(5-6-27)14-34-23(13-36-32-26(19)34)18-9-20(28)25(30)21(29)10-18/h3-4,7-10,12,15,23H,5-6,11,13-14H2,1-2H3. The predicted octanol–water partition coefficient (Wildman–Crippen LogP) is 5.56. The highest BCUT2D eigenvalue weighted by Crippen LogP contribution is 2.55. The number of hydrogen-bond acceptors (Lipinski definition) is 5. The Hall–Kier alpha value is -3.75. The monoisotopic (exact) mass is 494 g/mol. The summed E-state index contributed by atoms with van der Waals surface area (Å²) in [7, 11) is 1.63. The Kier molecular flexibility index (Phi) is 5.31. The summed E-state index contributed by atoms with van der Waals surface area (Å²) in [6.07, 6.45) is 8.70. The normalized spacial score (nSPS) is 21.2. The lowest BCUT2D eigenvalue weighted by atomic mass is 9.87. The Morgan fingerprint density at radius 2 is 1.92 bits per heavy atom. The quantitative estimate of drug-likeness (QED) is 0.446. The molecule has 6 rings (SSSR count). The number of imidazole rings is 1. The SMILES string of the molecule is COc1cc(C=C2CC3(CC3)CN3C2=NOCC3c2cc(F)c(F)c(F)c2)ccc1-n1cnc(C)c1. The van der Waals surface area contributed by atoms with Crippen LogP contribution in [0.2, 0.25) is 0 Å². The van der Waals surface area contributed by atoms with Crippen molar-refractivity contribution in [2.45, 2.75) is 32.2 Å². The van der Waals surface area contributed by atoms with Crippen LogP contribution in [0.3, 0.4) is 0 Å². The topological polar surface area (TPSA) is 51.9 Å². The van der Waals surface area contributed by atoms with Gasteiger partial charge in [-0.05, 0) is 78.6 Å². The van der Waals surface area contributed by atoms with Gasteiger partial charge in [-0.2, -0.15) is 0 Å². The molecule has 3 heterocycles. The second-order valence-corrected chi connectivity index (χ2v) is 9.85. The first-order valence-electron chi connectivity index (χ1n) is 11.9. The molecule has 36 heavy (non-hydrogen) atoms. The lowest BCUT2D eigenvalue weighted by Gasteiger charge is -2.43. The van der Waals surface area contributed by atoms with Crippen LogP contribution in [0, 0.1) is 29.8 Å². The molecule has 2 aromatic carbocycles. The Balaban J connectivity index is 1.37. The van der Waals surface area contributed by atoms with Crippen molar-refractivity contribution in [3.63, 3.8) is 0 Å². The number of nitrogens with zero attached hydrogens (tertiary/aromatic N) is 4. The van der Waals surface area contributed by atoms with E-state index in [4.69, 9.17) is 9.57 Å². The van der Waals surface area contributed by atoms with Gasteiger partial charge >= 0.3 is 0 Å². The van der Waals surface area contributed by atoms with Gasteiger partial charge < -0.3 is 19.0 Å². The third-order valence-electron chi connectivity index (χ3n) is 7.27. The van der Waals surface area contributed by atoms with Gasteiger partial charge in [-0.25, -0.2) is 18.2 Å². The molecule has 1 aromatic heterocycles. The molecule has 2 fully saturated rings. The van der Waals surface area contributed by atoms with E-state index in [0.29, 0.717) is 23.7 Å². The molecule has 1 spiro atoms. The lowest BCUT2D eigenvalue weighted by molar-refractivity contribution is 0.0479. The maximum Gasteiger partial charge on any atom is 0.194 e. The number of oxime groups is 1. The maximum absolute atomic E-state index is 14.0. The molecule has 1 atom stereocenters. The van der Waals surface area contributed by atoms with Gasteiger partial charge in [-0.1, -0.05) is 11.2 Å². The first-order chi connectivity index (χ1) is 17.4. The first kappa shape index (κ1) is 22.7. The van der Waals surface area contributed by atoms with Crippen LogP contribution in [-0.4, -0.2) is 40.5 Å². The Labute approximate surface area is 206 Å². The average Bonchev–Trinajstić information content (AvgIpc) is 3.47. The van der Waals surface area contributed by atoms with Crippen molar-refractivity contribution < 1.29 is 22.7 Å². The minimum Gasteiger partial charge on any atom is -0.495 e. The van der Waals surface area contributed by atoms with Crippen LogP contribution in [0.5, 0.6) is 5.75 Å². The van der Waals surface area contributed by atoms with Gasteiger partial charge in [-0.3, -0.25) is 0 Å². The zero-order chi connectivity index (χ0) is 25.0. The number of ether oxygens (including phenoxy) is 1. The molecule has 0 bridgehead atoms. The van der Waals surface area contributed by atoms with Crippen LogP contribution >= 0.6 is 0 Å². The molecule has 0 N–H and O–H groups in total. The van der Waals surface area contributed by atoms with E-state index >= 15 is 0 Å². The van der Waals surface area contributed by atoms with E-state index in [2.05, 4.69) is 21.1 Å². The van der Waals surface area contributed by atoms with Crippen molar-refractivity contribution in [3.8, 4) is 11.4 Å². The van der Waals surface area contributed by atoms with Crippen molar-refractivity contribution >= 4 is 11.9 Å². The number of rotatable bonds is 4. The molecule has 1 saturated carbocycles. The molecule has 1 unspecified atom stereocenters. The first-order valence-corrected chi connectivity index (χ1v) is 11.9. The summed E-state index contributed by atoms with van der Waals surface area (Å²) in [5.41, 5.74) is 4.13. The summed E-state index contributed by atoms with van der Waals surface area (Å²) < 4.78 is 49.3. The molecule has 0 radical (unpaired) electrons. The molecule has 1 saturated heterocycles. The van der Waals surface area contributed by atoms with Gasteiger partial charge in [-0.15, -0.1) is 0 Å². The second-order valence-electron chi connectivity index (χ2n) is 9.85. The molecular formula is C27H25F3N4O2. The molecule has 0 amide bonds. The van der Waals surface area contributed by atoms with Gasteiger partial charge in [0.15, 0.2) is 23.3 Å². The van der Waals surface area contributed by atoms with Crippen molar-refractivity contribution in [2.24, 2.45) is 10.6 Å². The van der Waals surface area contributed by atoms with Crippen LogP contribution in [0.1, 0.15) is 42.1 Å². The summed E-state index contributed by atoms with van der Waals surface area (Å²) in [6.45, 7) is 2.77. The van der Waals surface area contributed by atoms with Crippen LogP contribution in [-0.2, 0) is 4.84 Å². The van der Waals surface area contributed by atoms with Crippen molar-refractivity contribution in [1.29, 1.82) is 0 Å². The van der Waals surface area contributed by atoms with Crippen molar-refractivity contribution in [2.75, 3.05) is 20.3 Å². The van der Waals surface area contributed by atoms with E-state index < -0.39 is 23.5 Å². The number of methoxy groups -OCH3 is 1. The number of hydrogen-bond donors (Lipinski definition) is 0. The number of amidine groups is 1. The molecule has 3 aromatic rings. The fourth-order valence-corrected chi connectivity index (χ4v) is 5.21. The summed E-state index contributed by atoms with van der Waals surface area (Å²) >= 11 is 0. The van der Waals surface area contributed by atoms with Crippen molar-refractivity contribution in [3.05, 3.63) is 82.7 Å². The summed E-state index contributed by atoms with van der Waals surface area (Å²) in [6, 6.07) is 7.58. The van der Waals surface area contributed by atoms with E-state index in [0.717, 1.165) is 53.9 Å². The summed E-state index contributed by atoms with van der Waals surface area (Å²) in [5.74, 6) is -2.54. The maximum atomic E-state index is 14.0. The van der Waals surface area contributed by atoms with Crippen LogP contribution in [0.25, 0.3) is 11.8 Å². The zero-order valence-corrected chi connectivity index (χ0v) is 20.0. The molecule has 9 heteroatoms.